The third-order valence-electron chi connectivity index (χ3n) is 8.64. The number of sulfone groups is 1. The molecule has 2 heterocycles. The average Bonchev–Trinajstić information content (AvgIpc) is 3.89. The first-order chi connectivity index (χ1) is 21.0. The lowest BCUT2D eigenvalue weighted by atomic mass is 9.87. The monoisotopic (exact) mass is 635 g/mol. The van der Waals surface area contributed by atoms with Gasteiger partial charge >= 0.3 is 0 Å². The van der Waals surface area contributed by atoms with Crippen molar-refractivity contribution in [1.29, 1.82) is 0 Å². The third kappa shape index (κ3) is 6.75. The van der Waals surface area contributed by atoms with E-state index in [-0.39, 0.29) is 16.0 Å². The van der Waals surface area contributed by atoms with Crippen molar-refractivity contribution in [2.45, 2.75) is 95.1 Å². The second-order valence-electron chi connectivity index (χ2n) is 12.9. The fourth-order valence-electron chi connectivity index (χ4n) is 5.92. The predicted octanol–water partition coefficient (Wildman–Crippen LogP) is 7.83. The number of halogens is 1. The van der Waals surface area contributed by atoms with Crippen LogP contribution in [-0.2, 0) is 9.84 Å². The van der Waals surface area contributed by atoms with Gasteiger partial charge in [0, 0.05) is 12.1 Å². The molecular weight excluding hydrogens is 594 g/mol. The van der Waals surface area contributed by atoms with Gasteiger partial charge in [0.25, 0.3) is 0 Å². The summed E-state index contributed by atoms with van der Waals surface area (Å²) in [5, 5.41) is 10.1. The molecule has 44 heavy (non-hydrogen) atoms. The molecule has 10 heteroatoms. The second kappa shape index (κ2) is 12.3. The molecule has 2 atom stereocenters. The minimum Gasteiger partial charge on any atom is -0.489 e. The maximum atomic E-state index is 13.0. The fraction of sp³-hybridized carbons (Fsp3) is 0.471. The van der Waals surface area contributed by atoms with E-state index in [9.17, 15) is 8.42 Å². The number of anilines is 4. The Morgan fingerprint density at radius 3 is 2.41 bits per heavy atom. The predicted molar refractivity (Wildman–Crippen MR) is 178 cm³/mol. The molecule has 2 aliphatic carbocycles. The molecule has 8 nitrogen and oxygen atoms in total. The molecular formula is C34H42ClN5O3S. The molecule has 0 amide bonds. The summed E-state index contributed by atoms with van der Waals surface area (Å²) in [6.45, 7) is 9.50. The van der Waals surface area contributed by atoms with E-state index in [0.29, 0.717) is 29.5 Å². The van der Waals surface area contributed by atoms with Gasteiger partial charge < -0.3 is 20.7 Å². The molecule has 0 saturated heterocycles. The number of para-hydroxylation sites is 1. The number of nitrogens with zero attached hydrogens (tertiary/aromatic N) is 2. The van der Waals surface area contributed by atoms with Gasteiger partial charge in [-0.25, -0.2) is 13.4 Å². The van der Waals surface area contributed by atoms with E-state index in [0.717, 1.165) is 35.3 Å². The van der Waals surface area contributed by atoms with Crippen LogP contribution in [0.4, 0.5) is 23.1 Å². The van der Waals surface area contributed by atoms with Crippen molar-refractivity contribution in [1.82, 2.24) is 15.3 Å². The van der Waals surface area contributed by atoms with E-state index in [1.54, 1.807) is 38.1 Å². The number of benzene rings is 2. The van der Waals surface area contributed by atoms with Crippen LogP contribution in [0.25, 0.3) is 5.57 Å². The van der Waals surface area contributed by atoms with E-state index in [2.05, 4.69) is 51.1 Å². The molecule has 2 aromatic carbocycles. The van der Waals surface area contributed by atoms with Crippen molar-refractivity contribution >= 4 is 50.2 Å². The highest BCUT2D eigenvalue weighted by Gasteiger charge is 2.40. The van der Waals surface area contributed by atoms with Crippen LogP contribution >= 0.6 is 11.6 Å². The largest absolute Gasteiger partial charge is 0.489 e. The van der Waals surface area contributed by atoms with Gasteiger partial charge in [0.1, 0.15) is 10.8 Å². The van der Waals surface area contributed by atoms with Gasteiger partial charge in [-0.1, -0.05) is 29.8 Å². The SMILES string of the molecule is Cc1cc(Nc2ncc(Cl)c(Nc3ccccc3S(=O)(=O)C(C)C)n2)c(OC(C)C)cc1C1=CC(C2CC2)NC(C2CC2)C1. The zero-order chi connectivity index (χ0) is 31.2. The van der Waals surface area contributed by atoms with Crippen LogP contribution in [0.5, 0.6) is 5.75 Å². The molecule has 2 fully saturated rings. The van der Waals surface area contributed by atoms with E-state index < -0.39 is 15.1 Å². The van der Waals surface area contributed by atoms with E-state index >= 15 is 0 Å². The first-order valence-corrected chi connectivity index (χ1v) is 17.6. The van der Waals surface area contributed by atoms with Gasteiger partial charge in [0.2, 0.25) is 5.95 Å². The molecule has 1 aromatic heterocycles. The van der Waals surface area contributed by atoms with E-state index in [1.807, 2.05) is 13.8 Å². The number of rotatable bonds is 11. The molecule has 1 aliphatic heterocycles. The lowest BCUT2D eigenvalue weighted by Gasteiger charge is -2.32. The minimum absolute atomic E-state index is 0.0331. The smallest absolute Gasteiger partial charge is 0.229 e. The van der Waals surface area contributed by atoms with Crippen LogP contribution < -0.4 is 20.7 Å². The molecule has 3 aromatic rings. The molecule has 2 unspecified atom stereocenters. The van der Waals surface area contributed by atoms with Crippen molar-refractivity contribution in [3.8, 4) is 5.75 Å². The first-order valence-electron chi connectivity index (χ1n) is 15.7. The van der Waals surface area contributed by atoms with Gasteiger partial charge in [-0.15, -0.1) is 0 Å². The van der Waals surface area contributed by atoms with E-state index in [1.165, 1.54) is 43.0 Å². The van der Waals surface area contributed by atoms with Crippen LogP contribution in [0, 0.1) is 18.8 Å². The van der Waals surface area contributed by atoms with E-state index in [4.69, 9.17) is 16.3 Å². The van der Waals surface area contributed by atoms with Crippen LogP contribution in [0.15, 0.2) is 53.6 Å². The summed E-state index contributed by atoms with van der Waals surface area (Å²) in [7, 11) is -3.53. The topological polar surface area (TPSA) is 105 Å². The molecule has 0 spiro atoms. The lowest BCUT2D eigenvalue weighted by molar-refractivity contribution is 0.243. The highest BCUT2D eigenvalue weighted by Crippen LogP contribution is 2.45. The maximum Gasteiger partial charge on any atom is 0.229 e. The molecule has 234 valence electrons. The Morgan fingerprint density at radius 2 is 1.73 bits per heavy atom. The number of hydrogen-bond donors (Lipinski definition) is 3. The van der Waals surface area contributed by atoms with Crippen molar-refractivity contribution in [2.24, 2.45) is 11.8 Å². The summed E-state index contributed by atoms with van der Waals surface area (Å²) in [6, 6.07) is 12.0. The summed E-state index contributed by atoms with van der Waals surface area (Å²) < 4.78 is 32.3. The molecule has 0 bridgehead atoms. The Balaban J connectivity index is 1.30. The fourth-order valence-corrected chi connectivity index (χ4v) is 7.26. The molecule has 3 aliphatic rings. The zero-order valence-corrected chi connectivity index (χ0v) is 27.6. The standard InChI is InChI=1S/C34H42ClN5O3S/c1-19(2)43-31-17-25(24-15-28(22-10-11-22)37-29(16-24)23-12-13-23)21(5)14-30(31)39-34-36-18-26(35)33(40-34)38-27-8-6-7-9-32(27)44(41,42)20(3)4/h6-9,14-15,17-20,22-23,28-29,37H,10-13,16H2,1-5H3,(H2,36,38,39,40). The first kappa shape index (κ1) is 30.9. The van der Waals surface area contributed by atoms with Crippen LogP contribution in [0.3, 0.4) is 0 Å². The van der Waals surface area contributed by atoms with Crippen molar-refractivity contribution in [3.63, 3.8) is 0 Å². The molecule has 6 rings (SSSR count). The highest BCUT2D eigenvalue weighted by atomic mass is 35.5. The van der Waals surface area contributed by atoms with Gasteiger partial charge in [-0.05, 0) is 120 Å². The summed E-state index contributed by atoms with van der Waals surface area (Å²) >= 11 is 6.49. The molecule has 0 radical (unpaired) electrons. The Hall–Kier alpha value is -3.14. The number of aromatic nitrogens is 2. The van der Waals surface area contributed by atoms with Crippen molar-refractivity contribution in [3.05, 3.63) is 64.8 Å². The quantitative estimate of drug-likeness (QED) is 0.196. The van der Waals surface area contributed by atoms with Gasteiger partial charge in [0.15, 0.2) is 15.7 Å². The molecule has 2 saturated carbocycles. The summed E-state index contributed by atoms with van der Waals surface area (Å²) in [4.78, 5) is 9.25. The van der Waals surface area contributed by atoms with Crippen LogP contribution in [0.2, 0.25) is 5.02 Å². The third-order valence-corrected chi connectivity index (χ3v) is 11.1. The normalized spacial score (nSPS) is 20.5. The van der Waals surface area contributed by atoms with Gasteiger partial charge in [0.05, 0.1) is 33.8 Å². The molecule has 3 N–H and O–H groups in total. The van der Waals surface area contributed by atoms with Crippen molar-refractivity contribution in [2.75, 3.05) is 10.6 Å². The minimum atomic E-state index is -3.53. The van der Waals surface area contributed by atoms with Gasteiger partial charge in [-0.3, -0.25) is 0 Å². The Bertz CT molecular complexity index is 1680. The average molecular weight is 636 g/mol. The number of hydrogen-bond acceptors (Lipinski definition) is 8. The summed E-state index contributed by atoms with van der Waals surface area (Å²) in [6.07, 6.45) is 10.2. The second-order valence-corrected chi connectivity index (χ2v) is 15.8. The Kier molecular flexibility index (Phi) is 8.65. The number of aryl methyl sites for hydroxylation is 1. The van der Waals surface area contributed by atoms with Gasteiger partial charge in [-0.2, -0.15) is 4.98 Å². The Morgan fingerprint density at radius 1 is 1.00 bits per heavy atom. The Labute approximate surface area is 266 Å². The summed E-state index contributed by atoms with van der Waals surface area (Å²) in [5.41, 5.74) is 4.94. The van der Waals surface area contributed by atoms with Crippen LogP contribution in [-0.4, -0.2) is 41.8 Å². The summed E-state index contributed by atoms with van der Waals surface area (Å²) in [5.74, 6) is 2.88. The lowest BCUT2D eigenvalue weighted by Crippen LogP contribution is -2.43. The van der Waals surface area contributed by atoms with Crippen LogP contribution in [0.1, 0.15) is 70.9 Å². The highest BCUT2D eigenvalue weighted by molar-refractivity contribution is 7.92. The number of nitrogens with one attached hydrogen (secondary N) is 3. The maximum absolute atomic E-state index is 13.0. The van der Waals surface area contributed by atoms with Crippen molar-refractivity contribution < 1.29 is 13.2 Å². The number of ether oxygens (including phenoxy) is 1. The zero-order valence-electron chi connectivity index (χ0n) is 26.0.